The number of aromatic nitrogens is 2. The van der Waals surface area contributed by atoms with Gasteiger partial charge >= 0.3 is 0 Å². The highest BCUT2D eigenvalue weighted by Crippen LogP contribution is 2.40. The Hall–Kier alpha value is -3.95. The lowest BCUT2D eigenvalue weighted by atomic mass is 10.1. The number of anilines is 3. The third kappa shape index (κ3) is 5.60. The van der Waals surface area contributed by atoms with Crippen molar-refractivity contribution in [1.82, 2.24) is 9.97 Å². The summed E-state index contributed by atoms with van der Waals surface area (Å²) in [5.41, 5.74) is 4.53. The molecular formula is C29H26IN5O4. The summed E-state index contributed by atoms with van der Waals surface area (Å²) in [5.74, 6) is 1.02. The minimum Gasteiger partial charge on any atom is -0.492 e. The number of amides is 1. The normalized spacial score (nSPS) is 14.9. The van der Waals surface area contributed by atoms with E-state index in [9.17, 15) is 15.2 Å². The molecule has 2 aromatic carbocycles. The number of rotatable bonds is 9. The Morgan fingerprint density at radius 1 is 1.18 bits per heavy atom. The van der Waals surface area contributed by atoms with Crippen LogP contribution in [-0.4, -0.2) is 33.8 Å². The number of nitriles is 1. The van der Waals surface area contributed by atoms with E-state index in [1.165, 1.54) is 11.1 Å². The molecule has 1 unspecified atom stereocenters. The van der Waals surface area contributed by atoms with Gasteiger partial charge < -0.3 is 19.9 Å². The molecule has 9 nitrogen and oxygen atoms in total. The molecule has 4 aromatic rings. The molecule has 1 aliphatic heterocycles. The average Bonchev–Trinajstić information content (AvgIpc) is 3.30. The lowest BCUT2D eigenvalue weighted by Crippen LogP contribution is -2.33. The number of fused-ring (bicyclic) bond motifs is 1. The van der Waals surface area contributed by atoms with E-state index >= 15 is 0 Å². The van der Waals surface area contributed by atoms with Crippen LogP contribution in [0.2, 0.25) is 0 Å². The molecule has 0 bridgehead atoms. The zero-order valence-electron chi connectivity index (χ0n) is 21.2. The Balaban J connectivity index is 1.53. The molecule has 1 atom stereocenters. The smallest absolute Gasteiger partial charge is 0.229 e. The topological polar surface area (TPSA) is 121 Å². The summed E-state index contributed by atoms with van der Waals surface area (Å²) < 4.78 is 12.6. The monoisotopic (exact) mass is 635 g/mol. The molecule has 3 heterocycles. The van der Waals surface area contributed by atoms with E-state index in [1.807, 2.05) is 43.3 Å². The van der Waals surface area contributed by atoms with Crippen LogP contribution >= 0.6 is 22.6 Å². The highest BCUT2D eigenvalue weighted by atomic mass is 127. The van der Waals surface area contributed by atoms with E-state index in [0.29, 0.717) is 57.7 Å². The molecule has 0 aliphatic carbocycles. The summed E-state index contributed by atoms with van der Waals surface area (Å²) >= 11 is 2.29. The first kappa shape index (κ1) is 26.6. The number of carbonyl (C=O) groups excluding carboxylic acids is 1. The Morgan fingerprint density at radius 3 is 2.74 bits per heavy atom. The van der Waals surface area contributed by atoms with Gasteiger partial charge in [-0.3, -0.25) is 19.7 Å². The Bertz CT molecular complexity index is 1560. The van der Waals surface area contributed by atoms with Crippen molar-refractivity contribution in [3.05, 3.63) is 77.7 Å². The summed E-state index contributed by atoms with van der Waals surface area (Å²) in [7, 11) is 0. The van der Waals surface area contributed by atoms with Gasteiger partial charge in [0, 0.05) is 52.4 Å². The maximum absolute atomic E-state index is 12.6. The maximum atomic E-state index is 12.6. The minimum absolute atomic E-state index is 0.185. The van der Waals surface area contributed by atoms with E-state index in [0.717, 1.165) is 22.7 Å². The molecule has 198 valence electrons. The first-order chi connectivity index (χ1) is 19.0. The number of carbonyl (C=O) groups is 1. The highest BCUT2D eigenvalue weighted by Gasteiger charge is 2.33. The van der Waals surface area contributed by atoms with Gasteiger partial charge in [-0.05, 0) is 43.3 Å². The number of hydrogen-bond donors (Lipinski definition) is 2. The predicted molar refractivity (Wildman–Crippen MR) is 156 cm³/mol. The van der Waals surface area contributed by atoms with Crippen LogP contribution in [0.15, 0.2) is 60.9 Å². The van der Waals surface area contributed by atoms with Crippen molar-refractivity contribution in [2.24, 2.45) is 0 Å². The first-order valence-corrected chi connectivity index (χ1v) is 14.0. The molecule has 2 aromatic heterocycles. The first-order valence-electron chi connectivity index (χ1n) is 12.5. The number of nitrogens with one attached hydrogen (secondary N) is 1. The van der Waals surface area contributed by atoms with Gasteiger partial charge in [-0.15, -0.1) is 0 Å². The van der Waals surface area contributed by atoms with Crippen LogP contribution in [0.4, 0.5) is 17.1 Å². The molecule has 39 heavy (non-hydrogen) atoms. The SMILES string of the molecule is CCOc1cc2ncc(C#N)c(Nc3ccc(OCc4ccccn4)c(CI)c3)c2cc1N1C(=O)CCC1O. The molecule has 0 saturated carbocycles. The van der Waals surface area contributed by atoms with E-state index < -0.39 is 6.23 Å². The number of aliphatic hydroxyl groups excluding tert-OH is 1. The van der Waals surface area contributed by atoms with E-state index in [2.05, 4.69) is 43.9 Å². The van der Waals surface area contributed by atoms with Crippen LogP contribution in [0.25, 0.3) is 10.9 Å². The number of benzene rings is 2. The van der Waals surface area contributed by atoms with Gasteiger partial charge in [-0.25, -0.2) is 0 Å². The van der Waals surface area contributed by atoms with Gasteiger partial charge in [0.25, 0.3) is 0 Å². The summed E-state index contributed by atoms with van der Waals surface area (Å²) in [6.07, 6.45) is 2.90. The van der Waals surface area contributed by atoms with Gasteiger partial charge in [0.05, 0.1) is 34.8 Å². The molecule has 1 saturated heterocycles. The predicted octanol–water partition coefficient (Wildman–Crippen LogP) is 5.60. The standard InChI is InChI=1S/C29H26IN5O4/c1-2-38-26-13-23-22(12-24(26)35-27(36)8-9-28(35)37)29(19(15-31)16-33-23)34-20-6-7-25(18(11-20)14-30)39-17-21-5-3-4-10-32-21/h3-7,10-13,16,27,36H,2,8-9,14,17H2,1H3,(H,33,34). The van der Waals surface area contributed by atoms with E-state index in [4.69, 9.17) is 9.47 Å². The molecule has 5 rings (SSSR count). The van der Waals surface area contributed by atoms with Crippen molar-refractivity contribution >= 4 is 56.5 Å². The van der Waals surface area contributed by atoms with Gasteiger partial charge in [-0.2, -0.15) is 5.26 Å². The maximum Gasteiger partial charge on any atom is 0.229 e. The second kappa shape index (κ2) is 11.8. The molecule has 1 amide bonds. The average molecular weight is 635 g/mol. The van der Waals surface area contributed by atoms with Crippen LogP contribution in [-0.2, 0) is 15.8 Å². The summed E-state index contributed by atoms with van der Waals surface area (Å²) in [4.78, 5) is 22.8. The summed E-state index contributed by atoms with van der Waals surface area (Å²) in [6, 6.07) is 17.2. The molecule has 10 heteroatoms. The van der Waals surface area contributed by atoms with Crippen molar-refractivity contribution in [2.45, 2.75) is 37.0 Å². The van der Waals surface area contributed by atoms with Gasteiger partial charge in [-0.1, -0.05) is 28.7 Å². The number of alkyl halides is 1. The zero-order valence-corrected chi connectivity index (χ0v) is 23.4. The summed E-state index contributed by atoms with van der Waals surface area (Å²) in [5, 5.41) is 24.5. The highest BCUT2D eigenvalue weighted by molar-refractivity contribution is 14.1. The Labute approximate surface area is 239 Å². The molecular weight excluding hydrogens is 609 g/mol. The Morgan fingerprint density at radius 2 is 2.05 bits per heavy atom. The molecule has 1 fully saturated rings. The third-order valence-corrected chi connectivity index (χ3v) is 7.21. The molecule has 2 N–H and O–H groups in total. The quantitative estimate of drug-likeness (QED) is 0.180. The van der Waals surface area contributed by atoms with Crippen LogP contribution < -0.4 is 19.7 Å². The number of nitrogens with zero attached hydrogens (tertiary/aromatic N) is 4. The third-order valence-electron chi connectivity index (χ3n) is 6.39. The molecule has 0 spiro atoms. The zero-order chi connectivity index (χ0) is 27.4. The van der Waals surface area contributed by atoms with Crippen molar-refractivity contribution in [3.63, 3.8) is 0 Å². The number of pyridine rings is 2. The van der Waals surface area contributed by atoms with E-state index in [1.54, 1.807) is 18.3 Å². The number of hydrogen-bond acceptors (Lipinski definition) is 8. The van der Waals surface area contributed by atoms with Crippen molar-refractivity contribution in [1.29, 1.82) is 5.26 Å². The van der Waals surface area contributed by atoms with Gasteiger partial charge in [0.1, 0.15) is 30.4 Å². The van der Waals surface area contributed by atoms with Crippen LogP contribution in [0.1, 0.15) is 36.6 Å². The molecule has 1 aliphatic rings. The second-order valence-electron chi connectivity index (χ2n) is 8.90. The van der Waals surface area contributed by atoms with Gasteiger partial charge in [0.2, 0.25) is 5.91 Å². The lowest BCUT2D eigenvalue weighted by molar-refractivity contribution is -0.117. The van der Waals surface area contributed by atoms with Crippen LogP contribution in [0.3, 0.4) is 0 Å². The Kier molecular flexibility index (Phi) is 8.09. The fourth-order valence-corrected chi connectivity index (χ4v) is 5.13. The number of ether oxygens (including phenoxy) is 2. The lowest BCUT2D eigenvalue weighted by Gasteiger charge is -2.24. The fourth-order valence-electron chi connectivity index (χ4n) is 4.53. The number of aliphatic hydroxyl groups is 1. The van der Waals surface area contributed by atoms with Crippen LogP contribution in [0, 0.1) is 11.3 Å². The van der Waals surface area contributed by atoms with E-state index in [-0.39, 0.29) is 12.3 Å². The fraction of sp³-hybridized carbons (Fsp3) is 0.241. The minimum atomic E-state index is -0.942. The largest absolute Gasteiger partial charge is 0.492 e. The molecule has 0 radical (unpaired) electrons. The number of halogens is 1. The van der Waals surface area contributed by atoms with Crippen molar-refractivity contribution in [3.8, 4) is 17.6 Å². The van der Waals surface area contributed by atoms with Crippen molar-refractivity contribution < 1.29 is 19.4 Å². The van der Waals surface area contributed by atoms with Gasteiger partial charge in [0.15, 0.2) is 0 Å². The van der Waals surface area contributed by atoms with Crippen LogP contribution in [0.5, 0.6) is 11.5 Å². The summed E-state index contributed by atoms with van der Waals surface area (Å²) in [6.45, 7) is 2.59. The second-order valence-corrected chi connectivity index (χ2v) is 9.67. The van der Waals surface area contributed by atoms with Crippen molar-refractivity contribution in [2.75, 3.05) is 16.8 Å².